The molecule has 8 heteroatoms. The molecule has 2 N–H and O–H groups in total. The van der Waals surface area contributed by atoms with Crippen LogP contribution in [-0.4, -0.2) is 71.5 Å². The topological polar surface area (TPSA) is 76.7 Å². The van der Waals surface area contributed by atoms with Gasteiger partial charge in [0.15, 0.2) is 0 Å². The van der Waals surface area contributed by atoms with Crippen LogP contribution in [0.4, 0.5) is 5.95 Å². The molecule has 0 spiro atoms. The largest absolute Gasteiger partial charge is 0.498 e. The van der Waals surface area contributed by atoms with E-state index in [1.165, 1.54) is 12.8 Å². The number of hydrogen-bond donors (Lipinski definition) is 1. The van der Waals surface area contributed by atoms with Crippen LogP contribution in [0.25, 0.3) is 0 Å². The first-order chi connectivity index (χ1) is 12.8. The van der Waals surface area contributed by atoms with E-state index in [1.54, 1.807) is 0 Å². The van der Waals surface area contributed by atoms with Gasteiger partial charge in [-0.2, -0.15) is 0 Å². The van der Waals surface area contributed by atoms with Crippen molar-refractivity contribution in [2.24, 2.45) is 5.73 Å². The van der Waals surface area contributed by atoms with Crippen molar-refractivity contribution >= 4 is 18.5 Å². The fourth-order valence-corrected chi connectivity index (χ4v) is 3.97. The molecule has 0 amide bonds. The lowest BCUT2D eigenvalue weighted by Crippen LogP contribution is -2.42. The number of rotatable bonds is 6. The van der Waals surface area contributed by atoms with Gasteiger partial charge < -0.3 is 19.9 Å². The summed E-state index contributed by atoms with van der Waals surface area (Å²) in [5.41, 5.74) is 5.89. The minimum atomic E-state index is -0.412. The minimum absolute atomic E-state index is 0.354. The zero-order valence-corrected chi connectivity index (χ0v) is 17.0. The van der Waals surface area contributed by atoms with E-state index in [2.05, 4.69) is 37.5 Å². The molecule has 1 aliphatic carbocycles. The molecule has 0 aromatic carbocycles. The van der Waals surface area contributed by atoms with Crippen LogP contribution >= 0.6 is 0 Å². The fourth-order valence-electron chi connectivity index (χ4n) is 3.97. The summed E-state index contributed by atoms with van der Waals surface area (Å²) in [5, 5.41) is 0. The van der Waals surface area contributed by atoms with Gasteiger partial charge in [-0.1, -0.05) is 0 Å². The van der Waals surface area contributed by atoms with E-state index in [9.17, 15) is 0 Å². The molecule has 0 bridgehead atoms. The van der Waals surface area contributed by atoms with Crippen LogP contribution in [0.15, 0.2) is 12.4 Å². The maximum absolute atomic E-state index is 6.12. The monoisotopic (exact) mass is 373 g/mol. The molecule has 1 aromatic rings. The normalized spacial score (nSPS) is 27.3. The van der Waals surface area contributed by atoms with Gasteiger partial charge in [0.1, 0.15) is 0 Å². The lowest BCUT2D eigenvalue weighted by molar-refractivity contribution is 0.00578. The summed E-state index contributed by atoms with van der Waals surface area (Å²) in [6.45, 7) is 12.1. The van der Waals surface area contributed by atoms with Gasteiger partial charge in [-0.05, 0) is 47.0 Å². The first-order valence-electron chi connectivity index (χ1n) is 10.2. The smallest absolute Gasteiger partial charge is 0.399 e. The Morgan fingerprint density at radius 1 is 1.11 bits per heavy atom. The summed E-state index contributed by atoms with van der Waals surface area (Å²) >= 11 is 0. The Kier molecular flexibility index (Phi) is 4.95. The molecule has 27 heavy (non-hydrogen) atoms. The Hall–Kier alpha value is -1.22. The zero-order valence-electron chi connectivity index (χ0n) is 17.0. The molecule has 2 aliphatic heterocycles. The third kappa shape index (κ3) is 3.72. The van der Waals surface area contributed by atoms with E-state index >= 15 is 0 Å². The molecular formula is C19H32BN5O2. The van der Waals surface area contributed by atoms with Crippen molar-refractivity contribution in [1.29, 1.82) is 0 Å². The van der Waals surface area contributed by atoms with Crippen molar-refractivity contribution in [3.63, 3.8) is 0 Å². The maximum atomic E-state index is 6.12. The van der Waals surface area contributed by atoms with E-state index in [4.69, 9.17) is 25.0 Å². The average Bonchev–Trinajstić information content (AvgIpc) is 3.28. The van der Waals surface area contributed by atoms with Gasteiger partial charge in [0.05, 0.1) is 11.2 Å². The predicted molar refractivity (Wildman–Crippen MR) is 107 cm³/mol. The van der Waals surface area contributed by atoms with Gasteiger partial charge in [0.25, 0.3) is 0 Å². The molecule has 1 unspecified atom stereocenters. The SMILES string of the molecule is CC1(C)OB(c2cnc(N(C3CC3)C3CCN(CCN)C3)nc2)OC1(C)C. The van der Waals surface area contributed by atoms with E-state index in [0.29, 0.717) is 12.1 Å². The summed E-state index contributed by atoms with van der Waals surface area (Å²) in [6.07, 6.45) is 7.35. The summed E-state index contributed by atoms with van der Waals surface area (Å²) in [7, 11) is -0.412. The fraction of sp³-hybridized carbons (Fsp3) is 0.789. The van der Waals surface area contributed by atoms with Crippen molar-refractivity contribution in [1.82, 2.24) is 14.9 Å². The number of nitrogens with two attached hydrogens (primary N) is 1. The second-order valence-electron chi connectivity index (χ2n) is 9.07. The molecule has 1 atom stereocenters. The Labute approximate surface area is 162 Å². The molecule has 3 heterocycles. The standard InChI is InChI=1S/C19H32BN5O2/c1-18(2)19(3,4)27-20(26-18)14-11-22-17(23-12-14)25(15-5-6-15)16-7-9-24(13-16)10-8-21/h11-12,15-16H,5-10,13,21H2,1-4H3. The van der Waals surface area contributed by atoms with Crippen molar-refractivity contribution in [2.45, 2.75) is 70.2 Å². The van der Waals surface area contributed by atoms with Gasteiger partial charge in [-0.3, -0.25) is 4.90 Å². The maximum Gasteiger partial charge on any atom is 0.498 e. The van der Waals surface area contributed by atoms with Crippen molar-refractivity contribution in [3.05, 3.63) is 12.4 Å². The number of likely N-dealkylation sites (tertiary alicyclic amines) is 1. The third-order valence-corrected chi connectivity index (χ3v) is 6.44. The molecule has 7 nitrogen and oxygen atoms in total. The Bertz CT molecular complexity index is 649. The lowest BCUT2D eigenvalue weighted by atomic mass is 9.81. The van der Waals surface area contributed by atoms with Gasteiger partial charge in [-0.15, -0.1) is 0 Å². The van der Waals surface area contributed by atoms with Crippen LogP contribution in [0.3, 0.4) is 0 Å². The van der Waals surface area contributed by atoms with E-state index in [-0.39, 0.29) is 11.2 Å². The highest BCUT2D eigenvalue weighted by atomic mass is 16.7. The second kappa shape index (κ2) is 6.99. The summed E-state index contributed by atoms with van der Waals surface area (Å²) in [5.74, 6) is 0.831. The van der Waals surface area contributed by atoms with Crippen LogP contribution in [0.5, 0.6) is 0 Å². The molecule has 1 saturated carbocycles. The average molecular weight is 373 g/mol. The van der Waals surface area contributed by atoms with Gasteiger partial charge in [0, 0.05) is 56.1 Å². The van der Waals surface area contributed by atoms with Crippen LogP contribution in [0, 0.1) is 0 Å². The lowest BCUT2D eigenvalue weighted by Gasteiger charge is -2.32. The predicted octanol–water partition coefficient (Wildman–Crippen LogP) is 0.778. The minimum Gasteiger partial charge on any atom is -0.399 e. The molecule has 0 radical (unpaired) electrons. The van der Waals surface area contributed by atoms with E-state index in [0.717, 1.165) is 44.0 Å². The van der Waals surface area contributed by atoms with E-state index < -0.39 is 7.12 Å². The first-order valence-corrected chi connectivity index (χ1v) is 10.2. The zero-order chi connectivity index (χ0) is 19.2. The van der Waals surface area contributed by atoms with Crippen LogP contribution in [0.1, 0.15) is 47.0 Å². The number of hydrogen-bond acceptors (Lipinski definition) is 7. The van der Waals surface area contributed by atoms with Gasteiger partial charge in [-0.25, -0.2) is 9.97 Å². The molecular weight excluding hydrogens is 341 g/mol. The van der Waals surface area contributed by atoms with Crippen molar-refractivity contribution in [3.8, 4) is 0 Å². The van der Waals surface area contributed by atoms with Crippen LogP contribution in [-0.2, 0) is 9.31 Å². The number of aromatic nitrogens is 2. The summed E-state index contributed by atoms with van der Waals surface area (Å²) in [4.78, 5) is 14.3. The first kappa shape index (κ1) is 19.1. The summed E-state index contributed by atoms with van der Waals surface area (Å²) in [6, 6.07) is 1.06. The highest BCUT2D eigenvalue weighted by molar-refractivity contribution is 6.61. The van der Waals surface area contributed by atoms with Gasteiger partial charge >= 0.3 is 7.12 Å². The van der Waals surface area contributed by atoms with Crippen molar-refractivity contribution < 1.29 is 9.31 Å². The molecule has 2 saturated heterocycles. The highest BCUT2D eigenvalue weighted by Crippen LogP contribution is 2.37. The second-order valence-corrected chi connectivity index (χ2v) is 9.07. The van der Waals surface area contributed by atoms with E-state index in [1.807, 2.05) is 12.4 Å². The quantitative estimate of drug-likeness (QED) is 0.739. The number of nitrogens with zero attached hydrogens (tertiary/aromatic N) is 4. The summed E-state index contributed by atoms with van der Waals surface area (Å²) < 4.78 is 12.2. The Balaban J connectivity index is 1.48. The van der Waals surface area contributed by atoms with Crippen LogP contribution < -0.4 is 16.1 Å². The third-order valence-electron chi connectivity index (χ3n) is 6.44. The highest BCUT2D eigenvalue weighted by Gasteiger charge is 2.52. The molecule has 3 aliphatic rings. The molecule has 3 fully saturated rings. The van der Waals surface area contributed by atoms with Crippen molar-refractivity contribution in [2.75, 3.05) is 31.1 Å². The molecule has 148 valence electrons. The molecule has 1 aromatic heterocycles. The Morgan fingerprint density at radius 2 is 1.74 bits per heavy atom. The number of anilines is 1. The Morgan fingerprint density at radius 3 is 2.30 bits per heavy atom. The van der Waals surface area contributed by atoms with Crippen LogP contribution in [0.2, 0.25) is 0 Å². The van der Waals surface area contributed by atoms with Gasteiger partial charge in [0.2, 0.25) is 5.95 Å². The molecule has 4 rings (SSSR count).